The quantitative estimate of drug-likeness (QED) is 0.723. The van der Waals surface area contributed by atoms with Gasteiger partial charge in [0.2, 0.25) is 0 Å². The number of aryl methyl sites for hydroxylation is 1. The van der Waals surface area contributed by atoms with Crippen LogP contribution in [0.2, 0.25) is 0 Å². The van der Waals surface area contributed by atoms with E-state index in [2.05, 4.69) is 10.4 Å². The molecule has 0 aliphatic heterocycles. The number of alkyl halides is 2. The van der Waals surface area contributed by atoms with Gasteiger partial charge in [-0.25, -0.2) is 8.78 Å². The van der Waals surface area contributed by atoms with Crippen LogP contribution in [0.15, 0.2) is 12.3 Å². The molecule has 0 saturated carbocycles. The van der Waals surface area contributed by atoms with E-state index >= 15 is 0 Å². The third kappa shape index (κ3) is 4.24. The molecule has 1 aromatic rings. The van der Waals surface area contributed by atoms with Gasteiger partial charge in [-0.15, -0.1) is 0 Å². The molecule has 0 aliphatic carbocycles. The third-order valence-corrected chi connectivity index (χ3v) is 2.23. The fourth-order valence-corrected chi connectivity index (χ4v) is 1.43. The first-order valence-electron chi connectivity index (χ1n) is 5.16. The van der Waals surface area contributed by atoms with E-state index in [-0.39, 0.29) is 6.04 Å². The van der Waals surface area contributed by atoms with Crippen LogP contribution in [0, 0.1) is 0 Å². The second-order valence-corrected chi connectivity index (χ2v) is 3.51. The minimum absolute atomic E-state index is 0.0406. The Bertz CT molecular complexity index is 304. The van der Waals surface area contributed by atoms with E-state index < -0.39 is 13.0 Å². The van der Waals surface area contributed by atoms with E-state index in [4.69, 9.17) is 4.74 Å². The molecule has 4 nitrogen and oxygen atoms in total. The van der Waals surface area contributed by atoms with Crippen LogP contribution in [-0.4, -0.2) is 36.5 Å². The maximum Gasteiger partial charge on any atom is 0.261 e. The van der Waals surface area contributed by atoms with E-state index in [9.17, 15) is 8.78 Å². The van der Waals surface area contributed by atoms with Crippen molar-refractivity contribution in [3.63, 3.8) is 0 Å². The molecule has 0 amide bonds. The molecule has 1 unspecified atom stereocenters. The van der Waals surface area contributed by atoms with E-state index in [1.54, 1.807) is 4.68 Å². The van der Waals surface area contributed by atoms with E-state index in [0.29, 0.717) is 13.0 Å². The molecule has 1 N–H and O–H groups in total. The summed E-state index contributed by atoms with van der Waals surface area (Å²) in [5, 5.41) is 7.32. The Morgan fingerprint density at radius 3 is 2.81 bits per heavy atom. The zero-order valence-corrected chi connectivity index (χ0v) is 9.49. The van der Waals surface area contributed by atoms with Gasteiger partial charge in [0, 0.05) is 19.9 Å². The highest BCUT2D eigenvalue weighted by Gasteiger charge is 2.12. The largest absolute Gasteiger partial charge is 0.375 e. The molecule has 16 heavy (non-hydrogen) atoms. The van der Waals surface area contributed by atoms with Gasteiger partial charge in [0.15, 0.2) is 0 Å². The van der Waals surface area contributed by atoms with Gasteiger partial charge in [0.05, 0.1) is 11.7 Å². The number of hydrogen-bond donors (Lipinski definition) is 1. The number of nitrogens with one attached hydrogen (secondary N) is 1. The van der Waals surface area contributed by atoms with E-state index in [1.165, 1.54) is 0 Å². The highest BCUT2D eigenvalue weighted by Crippen LogP contribution is 2.13. The monoisotopic (exact) mass is 233 g/mol. The molecule has 0 aromatic carbocycles. The van der Waals surface area contributed by atoms with Crippen molar-refractivity contribution in [2.75, 3.05) is 20.3 Å². The summed E-state index contributed by atoms with van der Waals surface area (Å²) in [7, 11) is 3.65. The maximum absolute atomic E-state index is 11.8. The summed E-state index contributed by atoms with van der Waals surface area (Å²) in [4.78, 5) is 0. The molecule has 0 spiro atoms. The molecule has 1 aromatic heterocycles. The smallest absolute Gasteiger partial charge is 0.261 e. The van der Waals surface area contributed by atoms with Gasteiger partial charge in [0.1, 0.15) is 6.61 Å². The first kappa shape index (κ1) is 13.1. The summed E-state index contributed by atoms with van der Waals surface area (Å²) in [6, 6.07) is 1.94. The van der Waals surface area contributed by atoms with Crippen LogP contribution < -0.4 is 5.32 Å². The third-order valence-electron chi connectivity index (χ3n) is 2.23. The van der Waals surface area contributed by atoms with Crippen molar-refractivity contribution in [3.8, 4) is 0 Å². The van der Waals surface area contributed by atoms with Crippen LogP contribution >= 0.6 is 0 Å². The SMILES string of the molecule is CNC(CCOCC(F)F)c1ccn(C)n1. The lowest BCUT2D eigenvalue weighted by Crippen LogP contribution is -2.19. The average molecular weight is 233 g/mol. The number of nitrogens with zero attached hydrogens (tertiary/aromatic N) is 2. The van der Waals surface area contributed by atoms with Crippen LogP contribution in [0.5, 0.6) is 0 Å². The molecule has 6 heteroatoms. The minimum Gasteiger partial charge on any atom is -0.375 e. The molecule has 1 heterocycles. The van der Waals surface area contributed by atoms with Crippen molar-refractivity contribution < 1.29 is 13.5 Å². The molecule has 0 saturated heterocycles. The number of ether oxygens (including phenoxy) is 1. The zero-order valence-electron chi connectivity index (χ0n) is 9.49. The summed E-state index contributed by atoms with van der Waals surface area (Å²) < 4.78 is 30.2. The fourth-order valence-electron chi connectivity index (χ4n) is 1.43. The summed E-state index contributed by atoms with van der Waals surface area (Å²) in [6.45, 7) is -0.203. The molecule has 1 rings (SSSR count). The van der Waals surface area contributed by atoms with Crippen LogP contribution in [0.4, 0.5) is 8.78 Å². The van der Waals surface area contributed by atoms with Crippen LogP contribution in [0.3, 0.4) is 0 Å². The number of aromatic nitrogens is 2. The van der Waals surface area contributed by atoms with Gasteiger partial charge in [-0.05, 0) is 19.5 Å². The molecule has 92 valence electrons. The van der Waals surface area contributed by atoms with Gasteiger partial charge in [0.25, 0.3) is 6.43 Å². The Labute approximate surface area is 93.6 Å². The molecule has 1 atom stereocenters. The van der Waals surface area contributed by atoms with Crippen molar-refractivity contribution in [2.45, 2.75) is 18.9 Å². The lowest BCUT2D eigenvalue weighted by molar-refractivity contribution is 0.0144. The summed E-state index contributed by atoms with van der Waals surface area (Å²) in [5.74, 6) is 0. The van der Waals surface area contributed by atoms with Gasteiger partial charge < -0.3 is 10.1 Å². The van der Waals surface area contributed by atoms with Gasteiger partial charge in [-0.3, -0.25) is 4.68 Å². The van der Waals surface area contributed by atoms with Crippen molar-refractivity contribution in [1.29, 1.82) is 0 Å². The first-order chi connectivity index (χ1) is 7.63. The minimum atomic E-state index is -2.40. The van der Waals surface area contributed by atoms with Gasteiger partial charge in [-0.1, -0.05) is 0 Å². The van der Waals surface area contributed by atoms with E-state index in [0.717, 1.165) is 5.69 Å². The lowest BCUT2D eigenvalue weighted by Gasteiger charge is -2.13. The Kier molecular flexibility index (Phi) is 5.34. The molecule has 0 aliphatic rings. The van der Waals surface area contributed by atoms with Crippen molar-refractivity contribution in [3.05, 3.63) is 18.0 Å². The highest BCUT2D eigenvalue weighted by atomic mass is 19.3. The predicted octanol–water partition coefficient (Wildman–Crippen LogP) is 1.35. The Morgan fingerprint density at radius 2 is 2.31 bits per heavy atom. The highest BCUT2D eigenvalue weighted by molar-refractivity contribution is 5.04. The number of rotatable bonds is 7. The van der Waals surface area contributed by atoms with Gasteiger partial charge >= 0.3 is 0 Å². The average Bonchev–Trinajstić information content (AvgIpc) is 2.64. The Balaban J connectivity index is 2.32. The number of halogens is 2. The van der Waals surface area contributed by atoms with Crippen LogP contribution in [-0.2, 0) is 11.8 Å². The first-order valence-corrected chi connectivity index (χ1v) is 5.16. The van der Waals surface area contributed by atoms with Crippen LogP contribution in [0.1, 0.15) is 18.2 Å². The second kappa shape index (κ2) is 6.55. The Hall–Kier alpha value is -1.01. The molecular formula is C10H17F2N3O. The lowest BCUT2D eigenvalue weighted by atomic mass is 10.1. The van der Waals surface area contributed by atoms with Crippen molar-refractivity contribution >= 4 is 0 Å². The maximum atomic E-state index is 11.8. The zero-order chi connectivity index (χ0) is 12.0. The topological polar surface area (TPSA) is 39.1 Å². The Morgan fingerprint density at radius 1 is 1.56 bits per heavy atom. The summed E-state index contributed by atoms with van der Waals surface area (Å²) >= 11 is 0. The van der Waals surface area contributed by atoms with E-state index in [1.807, 2.05) is 26.4 Å². The molecule has 0 radical (unpaired) electrons. The van der Waals surface area contributed by atoms with Crippen molar-refractivity contribution in [1.82, 2.24) is 15.1 Å². The van der Waals surface area contributed by atoms with Crippen molar-refractivity contribution in [2.24, 2.45) is 7.05 Å². The molecular weight excluding hydrogens is 216 g/mol. The summed E-state index contributed by atoms with van der Waals surface area (Å²) in [5.41, 5.74) is 0.894. The standard InChI is InChI=1S/C10H17F2N3O/c1-13-8(4-6-16-7-10(11)12)9-3-5-15(2)14-9/h3,5,8,10,13H,4,6-7H2,1-2H3. The predicted molar refractivity (Wildman–Crippen MR) is 56.4 cm³/mol. The molecule has 0 bridgehead atoms. The molecule has 0 fully saturated rings. The van der Waals surface area contributed by atoms with Gasteiger partial charge in [-0.2, -0.15) is 5.10 Å². The number of hydrogen-bond acceptors (Lipinski definition) is 3. The van der Waals surface area contributed by atoms with Crippen LogP contribution in [0.25, 0.3) is 0 Å². The fraction of sp³-hybridized carbons (Fsp3) is 0.700. The normalized spacial score (nSPS) is 13.3. The summed E-state index contributed by atoms with van der Waals surface area (Å²) in [6.07, 6.45) is 0.0720. The second-order valence-electron chi connectivity index (χ2n) is 3.51.